The zero-order valence-corrected chi connectivity index (χ0v) is 11.4. The van der Waals surface area contributed by atoms with E-state index in [1.54, 1.807) is 0 Å². The maximum Gasteiger partial charge on any atom is 0.0670 e. The summed E-state index contributed by atoms with van der Waals surface area (Å²) in [5.41, 5.74) is 0.189. The molecule has 1 unspecified atom stereocenters. The van der Waals surface area contributed by atoms with E-state index >= 15 is 0 Å². The summed E-state index contributed by atoms with van der Waals surface area (Å²) in [4.78, 5) is 2.45. The molecular formula is C14H28N2O. The van der Waals surface area contributed by atoms with Crippen LogP contribution in [0.15, 0.2) is 0 Å². The van der Waals surface area contributed by atoms with E-state index in [4.69, 9.17) is 0 Å². The second-order valence-corrected chi connectivity index (χ2v) is 6.48. The van der Waals surface area contributed by atoms with Gasteiger partial charge in [0, 0.05) is 31.7 Å². The summed E-state index contributed by atoms with van der Waals surface area (Å²) in [6, 6.07) is 0. The molecule has 1 atom stereocenters. The van der Waals surface area contributed by atoms with Crippen molar-refractivity contribution in [3.05, 3.63) is 0 Å². The molecule has 1 aliphatic heterocycles. The molecule has 0 amide bonds. The Morgan fingerprint density at radius 2 is 2.06 bits per heavy atom. The molecule has 2 aliphatic rings. The second kappa shape index (κ2) is 5.68. The van der Waals surface area contributed by atoms with Gasteiger partial charge in [0.2, 0.25) is 0 Å². The Labute approximate surface area is 106 Å². The van der Waals surface area contributed by atoms with Gasteiger partial charge in [-0.3, -0.25) is 4.90 Å². The van der Waals surface area contributed by atoms with Crippen LogP contribution in [-0.4, -0.2) is 47.8 Å². The first-order valence-electron chi connectivity index (χ1n) is 7.22. The van der Waals surface area contributed by atoms with E-state index in [0.29, 0.717) is 0 Å². The summed E-state index contributed by atoms with van der Waals surface area (Å²) >= 11 is 0. The predicted molar refractivity (Wildman–Crippen MR) is 71.1 cm³/mol. The van der Waals surface area contributed by atoms with E-state index in [2.05, 4.69) is 24.1 Å². The number of piperazine rings is 1. The lowest BCUT2D eigenvalue weighted by Crippen LogP contribution is -2.59. The van der Waals surface area contributed by atoms with Crippen molar-refractivity contribution in [2.75, 3.05) is 26.2 Å². The topological polar surface area (TPSA) is 35.5 Å². The first-order chi connectivity index (χ1) is 8.08. The van der Waals surface area contributed by atoms with Crippen molar-refractivity contribution >= 4 is 0 Å². The van der Waals surface area contributed by atoms with Crippen molar-refractivity contribution in [1.82, 2.24) is 10.2 Å². The maximum atomic E-state index is 10.2. The second-order valence-electron chi connectivity index (χ2n) is 6.48. The molecule has 3 heteroatoms. The van der Waals surface area contributed by atoms with Gasteiger partial charge >= 0.3 is 0 Å². The molecule has 2 fully saturated rings. The third-order valence-electron chi connectivity index (χ3n) is 4.48. The lowest BCUT2D eigenvalue weighted by molar-refractivity contribution is 0.0255. The van der Waals surface area contributed by atoms with Gasteiger partial charge in [-0.1, -0.05) is 25.7 Å². The molecule has 1 saturated heterocycles. The standard InChI is InChI=1S/C14H28N2O/c1-14(2)11-15-7-8-16(14)10-13(17)9-12-5-3-4-6-12/h12-13,15,17H,3-11H2,1-2H3. The fraction of sp³-hybridized carbons (Fsp3) is 1.00. The molecule has 1 saturated carbocycles. The minimum atomic E-state index is -0.129. The first-order valence-corrected chi connectivity index (χ1v) is 7.22. The molecule has 17 heavy (non-hydrogen) atoms. The summed E-state index contributed by atoms with van der Waals surface area (Å²) in [7, 11) is 0. The number of β-amino-alcohol motifs (C(OH)–C–C–N with tert-alkyl or cyclic N) is 1. The molecule has 0 aromatic heterocycles. The molecule has 2 rings (SSSR count). The highest BCUT2D eigenvalue weighted by Gasteiger charge is 2.31. The minimum Gasteiger partial charge on any atom is -0.392 e. The molecule has 3 nitrogen and oxygen atoms in total. The number of aliphatic hydroxyl groups is 1. The molecule has 0 spiro atoms. The van der Waals surface area contributed by atoms with Crippen LogP contribution in [-0.2, 0) is 0 Å². The highest BCUT2D eigenvalue weighted by atomic mass is 16.3. The Hall–Kier alpha value is -0.120. The van der Waals surface area contributed by atoms with E-state index in [9.17, 15) is 5.11 Å². The average molecular weight is 240 g/mol. The van der Waals surface area contributed by atoms with Crippen LogP contribution in [0.3, 0.4) is 0 Å². The van der Waals surface area contributed by atoms with E-state index in [-0.39, 0.29) is 11.6 Å². The molecule has 1 aliphatic carbocycles. The summed E-state index contributed by atoms with van der Waals surface area (Å²) in [5.74, 6) is 0.788. The molecule has 2 N–H and O–H groups in total. The summed E-state index contributed by atoms with van der Waals surface area (Å²) in [6.07, 6.45) is 6.30. The van der Waals surface area contributed by atoms with Gasteiger partial charge < -0.3 is 10.4 Å². The third-order valence-corrected chi connectivity index (χ3v) is 4.48. The Morgan fingerprint density at radius 3 is 2.71 bits per heavy atom. The number of nitrogens with one attached hydrogen (secondary N) is 1. The van der Waals surface area contributed by atoms with Gasteiger partial charge in [0.25, 0.3) is 0 Å². The molecule has 0 aromatic carbocycles. The Morgan fingerprint density at radius 1 is 1.35 bits per heavy atom. The van der Waals surface area contributed by atoms with Crippen LogP contribution in [0, 0.1) is 5.92 Å². The maximum absolute atomic E-state index is 10.2. The highest BCUT2D eigenvalue weighted by Crippen LogP contribution is 2.29. The van der Waals surface area contributed by atoms with E-state index in [1.807, 2.05) is 0 Å². The van der Waals surface area contributed by atoms with Crippen molar-refractivity contribution in [1.29, 1.82) is 0 Å². The van der Waals surface area contributed by atoms with E-state index < -0.39 is 0 Å². The molecule has 0 radical (unpaired) electrons. The molecule has 0 bridgehead atoms. The third kappa shape index (κ3) is 3.67. The first kappa shape index (κ1) is 13.3. The Kier molecular flexibility index (Phi) is 4.45. The van der Waals surface area contributed by atoms with Gasteiger partial charge in [0.15, 0.2) is 0 Å². The van der Waals surface area contributed by atoms with Crippen molar-refractivity contribution in [3.63, 3.8) is 0 Å². The van der Waals surface area contributed by atoms with Crippen LogP contribution >= 0.6 is 0 Å². The van der Waals surface area contributed by atoms with Crippen LogP contribution in [0.2, 0.25) is 0 Å². The van der Waals surface area contributed by atoms with Crippen LogP contribution in [0.5, 0.6) is 0 Å². The molecule has 1 heterocycles. The monoisotopic (exact) mass is 240 g/mol. The Balaban J connectivity index is 1.78. The Bertz CT molecular complexity index is 236. The number of rotatable bonds is 4. The van der Waals surface area contributed by atoms with Crippen molar-refractivity contribution in [3.8, 4) is 0 Å². The largest absolute Gasteiger partial charge is 0.392 e. The van der Waals surface area contributed by atoms with Gasteiger partial charge in [-0.15, -0.1) is 0 Å². The molecule has 0 aromatic rings. The SMILES string of the molecule is CC1(C)CNCCN1CC(O)CC1CCCC1. The summed E-state index contributed by atoms with van der Waals surface area (Å²) in [6.45, 7) is 8.53. The van der Waals surface area contributed by atoms with Gasteiger partial charge in [-0.05, 0) is 26.2 Å². The lowest BCUT2D eigenvalue weighted by Gasteiger charge is -2.43. The number of hydrogen-bond donors (Lipinski definition) is 2. The zero-order chi connectivity index (χ0) is 12.3. The lowest BCUT2D eigenvalue weighted by atomic mass is 9.96. The smallest absolute Gasteiger partial charge is 0.0670 e. The van der Waals surface area contributed by atoms with Gasteiger partial charge in [-0.25, -0.2) is 0 Å². The van der Waals surface area contributed by atoms with Gasteiger partial charge in [-0.2, -0.15) is 0 Å². The quantitative estimate of drug-likeness (QED) is 0.784. The fourth-order valence-corrected chi connectivity index (χ4v) is 3.32. The average Bonchev–Trinajstić information content (AvgIpc) is 2.73. The predicted octanol–water partition coefficient (Wildman–Crippen LogP) is 1.61. The van der Waals surface area contributed by atoms with E-state index in [0.717, 1.165) is 38.5 Å². The van der Waals surface area contributed by atoms with Crippen molar-refractivity contribution in [2.24, 2.45) is 5.92 Å². The van der Waals surface area contributed by atoms with Crippen molar-refractivity contribution in [2.45, 2.75) is 57.6 Å². The van der Waals surface area contributed by atoms with Gasteiger partial charge in [0.1, 0.15) is 0 Å². The van der Waals surface area contributed by atoms with Crippen LogP contribution in [0.4, 0.5) is 0 Å². The fourth-order valence-electron chi connectivity index (χ4n) is 3.32. The van der Waals surface area contributed by atoms with Crippen LogP contribution < -0.4 is 5.32 Å². The van der Waals surface area contributed by atoms with Crippen molar-refractivity contribution < 1.29 is 5.11 Å². The summed E-state index contributed by atoms with van der Waals surface area (Å²) < 4.78 is 0. The van der Waals surface area contributed by atoms with E-state index in [1.165, 1.54) is 25.7 Å². The highest BCUT2D eigenvalue weighted by molar-refractivity contribution is 4.89. The normalized spacial score (nSPS) is 28.4. The van der Waals surface area contributed by atoms with Crippen LogP contribution in [0.25, 0.3) is 0 Å². The minimum absolute atomic E-state index is 0.129. The molecule has 100 valence electrons. The summed E-state index contributed by atoms with van der Waals surface area (Å²) in [5, 5.41) is 13.7. The molecular weight excluding hydrogens is 212 g/mol. The van der Waals surface area contributed by atoms with Crippen LogP contribution in [0.1, 0.15) is 46.0 Å². The van der Waals surface area contributed by atoms with Gasteiger partial charge in [0.05, 0.1) is 6.10 Å². The number of hydrogen-bond acceptors (Lipinski definition) is 3. The number of nitrogens with zero attached hydrogens (tertiary/aromatic N) is 1. The number of aliphatic hydroxyl groups excluding tert-OH is 1. The zero-order valence-electron chi connectivity index (χ0n) is 11.4.